The summed E-state index contributed by atoms with van der Waals surface area (Å²) in [5.41, 5.74) is -1.49. The maximum atomic E-state index is 13.5. The van der Waals surface area contributed by atoms with Gasteiger partial charge in [0.2, 0.25) is 5.78 Å². The van der Waals surface area contributed by atoms with Crippen molar-refractivity contribution < 1.29 is 34.8 Å². The van der Waals surface area contributed by atoms with E-state index < -0.39 is 57.9 Å². The van der Waals surface area contributed by atoms with Crippen molar-refractivity contribution >= 4 is 17.3 Å². The quantitative estimate of drug-likeness (QED) is 0.508. The highest BCUT2D eigenvalue weighted by molar-refractivity contribution is 6.25. The Kier molecular flexibility index (Phi) is 5.49. The Morgan fingerprint density at radius 1 is 1.18 bits per heavy atom. The fraction of sp³-hybridized carbons (Fsp3) is 0.480. The van der Waals surface area contributed by atoms with Crippen LogP contribution < -0.4 is 0 Å². The Morgan fingerprint density at radius 3 is 2.42 bits per heavy atom. The van der Waals surface area contributed by atoms with Crippen LogP contribution >= 0.6 is 0 Å². The first-order chi connectivity index (χ1) is 15.5. The molecular formula is C25H29NO7. The van der Waals surface area contributed by atoms with E-state index >= 15 is 0 Å². The van der Waals surface area contributed by atoms with Gasteiger partial charge in [0.25, 0.3) is 0 Å². The molecule has 3 aliphatic rings. The first-order valence-electron chi connectivity index (χ1n) is 11.2. The van der Waals surface area contributed by atoms with Gasteiger partial charge < -0.3 is 20.4 Å². The van der Waals surface area contributed by atoms with Crippen LogP contribution in [-0.4, -0.2) is 68.4 Å². The number of fused-ring (bicyclic) bond motifs is 3. The minimum absolute atomic E-state index is 0.0819. The molecule has 0 amide bonds. The SMILES string of the molecule is CCCc1ccc(O)c2c1C[C@H]1C[C@H]3[C@H](N(C)C)C(O)=C(C(C)=O)C(=O)[C@@]3(O)C(O)=C1C2=O. The van der Waals surface area contributed by atoms with E-state index in [1.807, 2.05) is 6.92 Å². The lowest BCUT2D eigenvalue weighted by Crippen LogP contribution is -2.63. The number of likely N-dealkylation sites (N-methyl/N-ethyl adjacent to an activating group) is 1. The topological polar surface area (TPSA) is 135 Å². The fourth-order valence-electron chi connectivity index (χ4n) is 5.92. The highest BCUT2D eigenvalue weighted by atomic mass is 16.3. The summed E-state index contributed by atoms with van der Waals surface area (Å²) in [6.07, 6.45) is 2.03. The van der Waals surface area contributed by atoms with Crippen LogP contribution in [0.1, 0.15) is 48.2 Å². The maximum absolute atomic E-state index is 13.5. The summed E-state index contributed by atoms with van der Waals surface area (Å²) in [6, 6.07) is 2.33. The van der Waals surface area contributed by atoms with Crippen molar-refractivity contribution in [2.45, 2.75) is 51.2 Å². The molecule has 3 aliphatic carbocycles. The summed E-state index contributed by atoms with van der Waals surface area (Å²) in [7, 11) is 3.29. The monoisotopic (exact) mass is 455 g/mol. The lowest BCUT2D eigenvalue weighted by molar-refractivity contribution is -0.148. The minimum atomic E-state index is -2.53. The molecule has 4 rings (SSSR count). The molecule has 0 spiro atoms. The van der Waals surface area contributed by atoms with E-state index in [2.05, 4.69) is 0 Å². The van der Waals surface area contributed by atoms with Crippen LogP contribution in [0.4, 0.5) is 0 Å². The van der Waals surface area contributed by atoms with E-state index in [9.17, 15) is 34.8 Å². The van der Waals surface area contributed by atoms with Crippen LogP contribution in [0.15, 0.2) is 34.8 Å². The largest absolute Gasteiger partial charge is 0.510 e. The smallest absolute Gasteiger partial charge is 0.209 e. The molecule has 0 bridgehead atoms. The molecule has 1 aromatic carbocycles. The number of carbonyl (C=O) groups is 3. The zero-order valence-corrected chi connectivity index (χ0v) is 19.2. The Balaban J connectivity index is 1.96. The van der Waals surface area contributed by atoms with Gasteiger partial charge in [-0.25, -0.2) is 0 Å². The lowest BCUT2D eigenvalue weighted by Gasteiger charge is -2.50. The van der Waals surface area contributed by atoms with Crippen molar-refractivity contribution in [2.75, 3.05) is 14.1 Å². The second kappa shape index (κ2) is 7.81. The molecule has 0 saturated heterocycles. The Hall–Kier alpha value is -2.97. The average molecular weight is 456 g/mol. The van der Waals surface area contributed by atoms with Crippen LogP contribution in [0.2, 0.25) is 0 Å². The first kappa shape index (κ1) is 23.2. The van der Waals surface area contributed by atoms with Gasteiger partial charge in [-0.15, -0.1) is 0 Å². The van der Waals surface area contributed by atoms with E-state index in [0.29, 0.717) is 18.4 Å². The number of allylic oxidation sites excluding steroid dienone is 1. The second-order valence-corrected chi connectivity index (χ2v) is 9.50. The molecule has 33 heavy (non-hydrogen) atoms. The van der Waals surface area contributed by atoms with Crippen molar-refractivity contribution in [2.24, 2.45) is 11.8 Å². The van der Waals surface area contributed by atoms with Crippen LogP contribution in [-0.2, 0) is 22.4 Å². The number of aliphatic hydroxyl groups is 3. The number of Topliss-reactive ketones (excluding diaryl/α,β-unsaturated/α-hetero) is 3. The van der Waals surface area contributed by atoms with E-state index in [-0.39, 0.29) is 23.3 Å². The third kappa shape index (κ3) is 3.08. The summed E-state index contributed by atoms with van der Waals surface area (Å²) in [6.45, 7) is 3.11. The van der Waals surface area contributed by atoms with Crippen molar-refractivity contribution in [3.05, 3.63) is 51.5 Å². The van der Waals surface area contributed by atoms with E-state index in [1.54, 1.807) is 25.1 Å². The Bertz CT molecular complexity index is 1150. The predicted molar refractivity (Wildman–Crippen MR) is 119 cm³/mol. The van der Waals surface area contributed by atoms with Gasteiger partial charge in [-0.2, -0.15) is 0 Å². The number of phenolic OH excluding ortho intramolecular Hbond substituents is 1. The van der Waals surface area contributed by atoms with E-state index in [1.165, 1.54) is 6.07 Å². The summed E-state index contributed by atoms with van der Waals surface area (Å²) in [5, 5.41) is 44.1. The van der Waals surface area contributed by atoms with Gasteiger partial charge in [-0.1, -0.05) is 19.4 Å². The van der Waals surface area contributed by atoms with Gasteiger partial charge in [0.05, 0.1) is 11.6 Å². The number of benzene rings is 1. The highest BCUT2D eigenvalue weighted by Gasteiger charge is 2.63. The second-order valence-electron chi connectivity index (χ2n) is 9.50. The number of phenols is 1. The number of hydrogen-bond acceptors (Lipinski definition) is 8. The average Bonchev–Trinajstić information content (AvgIpc) is 2.72. The van der Waals surface area contributed by atoms with Gasteiger partial charge in [-0.3, -0.25) is 19.3 Å². The van der Waals surface area contributed by atoms with Crippen LogP contribution in [0, 0.1) is 11.8 Å². The maximum Gasteiger partial charge on any atom is 0.209 e. The number of hydrogen-bond donors (Lipinski definition) is 4. The molecule has 0 aromatic heterocycles. The molecule has 0 heterocycles. The van der Waals surface area contributed by atoms with Crippen LogP contribution in [0.3, 0.4) is 0 Å². The zero-order valence-electron chi connectivity index (χ0n) is 19.2. The molecule has 0 unspecified atom stereocenters. The van der Waals surface area contributed by atoms with Gasteiger partial charge in [0, 0.05) is 11.5 Å². The fourth-order valence-corrected chi connectivity index (χ4v) is 5.92. The highest BCUT2D eigenvalue weighted by Crippen LogP contribution is 2.52. The third-order valence-corrected chi connectivity index (χ3v) is 7.33. The Morgan fingerprint density at radius 2 is 1.85 bits per heavy atom. The van der Waals surface area contributed by atoms with Crippen molar-refractivity contribution in [3.8, 4) is 5.75 Å². The molecule has 0 aliphatic heterocycles. The van der Waals surface area contributed by atoms with Crippen LogP contribution in [0.5, 0.6) is 5.75 Å². The first-order valence-corrected chi connectivity index (χ1v) is 11.2. The molecule has 4 atom stereocenters. The standard InChI is InChI=1S/C25H29NO7/c1-5-6-12-7-8-16(28)19-14(12)9-13-10-15-20(26(3)4)22(30)17(11(2)27)23(31)25(15,33)24(32)18(13)21(19)29/h7-8,13,15,20,28,30,32-33H,5-6,9-10H2,1-4H3/t13-,15-,20-,25+/m0/s1. The summed E-state index contributed by atoms with van der Waals surface area (Å²) >= 11 is 0. The van der Waals surface area contributed by atoms with Crippen LogP contribution in [0.25, 0.3) is 0 Å². The van der Waals surface area contributed by atoms with E-state index in [4.69, 9.17) is 0 Å². The molecule has 8 nitrogen and oxygen atoms in total. The van der Waals surface area contributed by atoms with Gasteiger partial charge >= 0.3 is 0 Å². The molecular weight excluding hydrogens is 426 g/mol. The summed E-state index contributed by atoms with van der Waals surface area (Å²) in [5.74, 6) is -5.41. The zero-order chi connectivity index (χ0) is 24.4. The molecule has 4 N–H and O–H groups in total. The Labute approximate surface area is 191 Å². The number of nitrogens with zero attached hydrogens (tertiary/aromatic N) is 1. The number of rotatable bonds is 4. The summed E-state index contributed by atoms with van der Waals surface area (Å²) in [4.78, 5) is 40.6. The van der Waals surface area contributed by atoms with Crippen molar-refractivity contribution in [3.63, 3.8) is 0 Å². The minimum Gasteiger partial charge on any atom is -0.510 e. The molecule has 0 saturated carbocycles. The molecule has 0 radical (unpaired) electrons. The normalized spacial score (nSPS) is 29.2. The predicted octanol–water partition coefficient (Wildman–Crippen LogP) is 2.18. The lowest BCUT2D eigenvalue weighted by atomic mass is 9.58. The molecule has 0 fully saturated rings. The third-order valence-electron chi connectivity index (χ3n) is 7.33. The number of carbonyl (C=O) groups excluding carboxylic acids is 3. The van der Waals surface area contributed by atoms with Gasteiger partial charge in [0.1, 0.15) is 22.8 Å². The molecule has 176 valence electrons. The number of aliphatic hydroxyl groups excluding tert-OH is 2. The number of aromatic hydroxyl groups is 1. The van der Waals surface area contributed by atoms with Crippen molar-refractivity contribution in [1.82, 2.24) is 4.90 Å². The summed E-state index contributed by atoms with van der Waals surface area (Å²) < 4.78 is 0. The van der Waals surface area contributed by atoms with Gasteiger partial charge in [0.15, 0.2) is 17.2 Å². The number of aryl methyl sites for hydroxylation is 1. The van der Waals surface area contributed by atoms with Crippen molar-refractivity contribution in [1.29, 1.82) is 0 Å². The van der Waals surface area contributed by atoms with Gasteiger partial charge in [-0.05, 0) is 63.4 Å². The van der Waals surface area contributed by atoms with E-state index in [0.717, 1.165) is 18.9 Å². The number of ketones is 3. The molecule has 1 aromatic rings. The molecule has 8 heteroatoms.